The topological polar surface area (TPSA) is 62.2 Å². The van der Waals surface area contributed by atoms with Crippen LogP contribution in [0, 0.1) is 5.41 Å². The second-order valence-electron chi connectivity index (χ2n) is 5.54. The van der Waals surface area contributed by atoms with Crippen molar-refractivity contribution in [3.8, 4) is 0 Å². The number of para-hydroxylation sites is 1. The molecule has 1 saturated heterocycles. The third-order valence-electron chi connectivity index (χ3n) is 4.10. The Hall–Kier alpha value is -1.94. The van der Waals surface area contributed by atoms with E-state index in [1.54, 1.807) is 0 Å². The maximum atomic E-state index is 11.7. The number of pyridine rings is 1. The van der Waals surface area contributed by atoms with E-state index in [1.807, 2.05) is 36.4 Å². The molecule has 2 N–H and O–H groups in total. The van der Waals surface area contributed by atoms with Crippen molar-refractivity contribution in [1.82, 2.24) is 10.3 Å². The highest BCUT2D eigenvalue weighted by Crippen LogP contribution is 2.31. The van der Waals surface area contributed by atoms with Crippen LogP contribution in [0.25, 0.3) is 10.9 Å². The zero-order chi connectivity index (χ0) is 14.0. The molecular weight excluding hydrogens is 252 g/mol. The van der Waals surface area contributed by atoms with Crippen molar-refractivity contribution in [2.75, 3.05) is 13.1 Å². The van der Waals surface area contributed by atoms with Gasteiger partial charge in [-0.3, -0.25) is 9.78 Å². The van der Waals surface area contributed by atoms with Gasteiger partial charge in [0.2, 0.25) is 0 Å². The molecule has 1 aliphatic heterocycles. The molecule has 104 valence electrons. The molecule has 4 heteroatoms. The van der Waals surface area contributed by atoms with Gasteiger partial charge >= 0.3 is 5.97 Å². The van der Waals surface area contributed by atoms with Crippen LogP contribution >= 0.6 is 0 Å². The Morgan fingerprint density at radius 2 is 2.15 bits per heavy atom. The first-order valence-electron chi connectivity index (χ1n) is 6.98. The van der Waals surface area contributed by atoms with Gasteiger partial charge in [-0.05, 0) is 31.5 Å². The number of hydrogen-bond donors (Lipinski definition) is 2. The Kier molecular flexibility index (Phi) is 3.40. The molecular formula is C16H18N2O2. The minimum atomic E-state index is -0.723. The van der Waals surface area contributed by atoms with E-state index in [0.717, 1.165) is 29.6 Å². The summed E-state index contributed by atoms with van der Waals surface area (Å²) in [6.07, 6.45) is 2.10. The summed E-state index contributed by atoms with van der Waals surface area (Å²) >= 11 is 0. The van der Waals surface area contributed by atoms with Crippen LogP contribution in [0.15, 0.2) is 36.4 Å². The van der Waals surface area contributed by atoms with Gasteiger partial charge in [0.1, 0.15) is 0 Å². The minimum absolute atomic E-state index is 0.486. The van der Waals surface area contributed by atoms with Gasteiger partial charge in [0.15, 0.2) is 0 Å². The molecule has 1 atom stereocenters. The molecule has 0 saturated carbocycles. The average Bonchev–Trinajstić information content (AvgIpc) is 2.48. The van der Waals surface area contributed by atoms with Crippen LogP contribution in [0.4, 0.5) is 0 Å². The van der Waals surface area contributed by atoms with Crippen LogP contribution < -0.4 is 5.32 Å². The van der Waals surface area contributed by atoms with Crippen LogP contribution in [0.1, 0.15) is 18.5 Å². The zero-order valence-corrected chi connectivity index (χ0v) is 11.3. The third kappa shape index (κ3) is 2.39. The van der Waals surface area contributed by atoms with Crippen LogP contribution in [-0.2, 0) is 11.2 Å². The summed E-state index contributed by atoms with van der Waals surface area (Å²) in [5.41, 5.74) is 1.07. The Balaban J connectivity index is 1.92. The van der Waals surface area contributed by atoms with Gasteiger partial charge in [-0.1, -0.05) is 24.3 Å². The van der Waals surface area contributed by atoms with Crippen molar-refractivity contribution in [2.45, 2.75) is 19.3 Å². The fraction of sp³-hybridized carbons (Fsp3) is 0.375. The predicted octanol–water partition coefficient (Wildman–Crippen LogP) is 2.23. The average molecular weight is 270 g/mol. The molecule has 1 fully saturated rings. The van der Waals surface area contributed by atoms with Gasteiger partial charge in [-0.25, -0.2) is 0 Å². The van der Waals surface area contributed by atoms with E-state index < -0.39 is 11.4 Å². The molecule has 0 aliphatic carbocycles. The van der Waals surface area contributed by atoms with E-state index in [9.17, 15) is 9.90 Å². The number of nitrogens with zero attached hydrogens (tertiary/aromatic N) is 1. The van der Waals surface area contributed by atoms with Gasteiger partial charge in [0.05, 0.1) is 10.9 Å². The monoisotopic (exact) mass is 270 g/mol. The number of carboxylic acid groups (broad SMARTS) is 1. The summed E-state index contributed by atoms with van der Waals surface area (Å²) in [4.78, 5) is 16.3. The van der Waals surface area contributed by atoms with Gasteiger partial charge in [0.25, 0.3) is 0 Å². The lowest BCUT2D eigenvalue weighted by molar-refractivity contribution is -0.150. The summed E-state index contributed by atoms with van der Waals surface area (Å²) in [6.45, 7) is 1.43. The lowest BCUT2D eigenvalue weighted by Gasteiger charge is -2.33. The van der Waals surface area contributed by atoms with Crippen molar-refractivity contribution in [3.05, 3.63) is 42.1 Å². The quantitative estimate of drug-likeness (QED) is 0.898. The number of nitrogens with one attached hydrogen (secondary N) is 1. The lowest BCUT2D eigenvalue weighted by Crippen LogP contribution is -2.47. The molecule has 20 heavy (non-hydrogen) atoms. The normalized spacial score (nSPS) is 22.8. The van der Waals surface area contributed by atoms with Crippen LogP contribution in [0.2, 0.25) is 0 Å². The van der Waals surface area contributed by atoms with E-state index in [1.165, 1.54) is 0 Å². The number of aromatic nitrogens is 1. The molecule has 2 heterocycles. The first-order chi connectivity index (χ1) is 9.70. The lowest BCUT2D eigenvalue weighted by atomic mass is 9.77. The fourth-order valence-electron chi connectivity index (χ4n) is 2.93. The number of hydrogen-bond acceptors (Lipinski definition) is 3. The molecule has 1 aliphatic rings. The summed E-state index contributed by atoms with van der Waals surface area (Å²) in [5.74, 6) is -0.723. The number of piperidine rings is 1. The van der Waals surface area contributed by atoms with Gasteiger partial charge in [0, 0.05) is 24.0 Å². The molecule has 1 aromatic heterocycles. The van der Waals surface area contributed by atoms with Crippen LogP contribution in [0.5, 0.6) is 0 Å². The van der Waals surface area contributed by atoms with Crippen molar-refractivity contribution in [3.63, 3.8) is 0 Å². The smallest absolute Gasteiger partial charge is 0.311 e. The molecule has 0 radical (unpaired) electrons. The van der Waals surface area contributed by atoms with Gasteiger partial charge in [-0.2, -0.15) is 0 Å². The largest absolute Gasteiger partial charge is 0.481 e. The number of carbonyl (C=O) groups is 1. The summed E-state index contributed by atoms with van der Waals surface area (Å²) in [6, 6.07) is 11.9. The minimum Gasteiger partial charge on any atom is -0.481 e. The number of fused-ring (bicyclic) bond motifs is 1. The molecule has 3 rings (SSSR count). The Labute approximate surface area is 117 Å². The van der Waals surface area contributed by atoms with Crippen molar-refractivity contribution >= 4 is 16.9 Å². The van der Waals surface area contributed by atoms with Crippen molar-refractivity contribution in [2.24, 2.45) is 5.41 Å². The first-order valence-corrected chi connectivity index (χ1v) is 6.98. The van der Waals surface area contributed by atoms with Gasteiger partial charge in [-0.15, -0.1) is 0 Å². The van der Waals surface area contributed by atoms with E-state index in [4.69, 9.17) is 0 Å². The number of benzene rings is 1. The Morgan fingerprint density at radius 1 is 1.30 bits per heavy atom. The number of aliphatic carboxylic acids is 1. The molecule has 0 amide bonds. The van der Waals surface area contributed by atoms with E-state index in [0.29, 0.717) is 19.4 Å². The highest BCUT2D eigenvalue weighted by molar-refractivity contribution is 5.79. The number of rotatable bonds is 3. The zero-order valence-electron chi connectivity index (χ0n) is 11.3. The SMILES string of the molecule is O=C(O)C1(Cc2ccc3ccccc3n2)CCCNC1. The molecule has 1 aromatic carbocycles. The first kappa shape index (κ1) is 13.1. The molecule has 0 bridgehead atoms. The van der Waals surface area contributed by atoms with E-state index >= 15 is 0 Å². The highest BCUT2D eigenvalue weighted by Gasteiger charge is 2.40. The van der Waals surface area contributed by atoms with E-state index in [-0.39, 0.29) is 0 Å². The fourth-order valence-corrected chi connectivity index (χ4v) is 2.93. The Bertz CT molecular complexity index is 633. The molecule has 4 nitrogen and oxygen atoms in total. The number of carboxylic acids is 1. The summed E-state index contributed by atoms with van der Waals surface area (Å²) in [7, 11) is 0. The molecule has 2 aromatic rings. The molecule has 1 unspecified atom stereocenters. The maximum absolute atomic E-state index is 11.7. The van der Waals surface area contributed by atoms with Gasteiger partial charge < -0.3 is 10.4 Å². The Morgan fingerprint density at radius 3 is 2.90 bits per heavy atom. The van der Waals surface area contributed by atoms with Crippen LogP contribution in [0.3, 0.4) is 0 Å². The highest BCUT2D eigenvalue weighted by atomic mass is 16.4. The van der Waals surface area contributed by atoms with Crippen LogP contribution in [-0.4, -0.2) is 29.1 Å². The summed E-state index contributed by atoms with van der Waals surface area (Å²) < 4.78 is 0. The second kappa shape index (κ2) is 5.21. The third-order valence-corrected chi connectivity index (χ3v) is 4.10. The van der Waals surface area contributed by atoms with E-state index in [2.05, 4.69) is 10.3 Å². The van der Waals surface area contributed by atoms with Crippen molar-refractivity contribution in [1.29, 1.82) is 0 Å². The predicted molar refractivity (Wildman–Crippen MR) is 77.6 cm³/mol. The molecule has 0 spiro atoms. The second-order valence-corrected chi connectivity index (χ2v) is 5.54. The maximum Gasteiger partial charge on any atom is 0.311 e. The van der Waals surface area contributed by atoms with Crippen molar-refractivity contribution < 1.29 is 9.90 Å². The standard InChI is InChI=1S/C16H18N2O2/c19-15(20)16(8-3-9-17-11-16)10-13-7-6-12-4-1-2-5-14(12)18-13/h1-2,4-7,17H,3,8-11H2,(H,19,20). The summed E-state index contributed by atoms with van der Waals surface area (Å²) in [5, 5.41) is 13.9.